The first-order chi connectivity index (χ1) is 10.4. The van der Waals surface area contributed by atoms with Crippen molar-refractivity contribution in [3.63, 3.8) is 0 Å². The lowest BCUT2D eigenvalue weighted by atomic mass is 10.2. The van der Waals surface area contributed by atoms with Crippen LogP contribution in [0.1, 0.15) is 0 Å². The first kappa shape index (κ1) is 11.7. The molecule has 3 heterocycles. The summed E-state index contributed by atoms with van der Waals surface area (Å²) < 4.78 is 1.76. The van der Waals surface area contributed by atoms with Gasteiger partial charge >= 0.3 is 0 Å². The van der Waals surface area contributed by atoms with Gasteiger partial charge in [-0.3, -0.25) is 4.98 Å². The number of rotatable bonds is 2. The summed E-state index contributed by atoms with van der Waals surface area (Å²) >= 11 is 0. The number of hydrogen-bond donors (Lipinski definition) is 0. The zero-order chi connectivity index (χ0) is 14.1. The maximum Gasteiger partial charge on any atom is 0.253 e. The molecule has 21 heavy (non-hydrogen) atoms. The minimum Gasteiger partial charge on any atom is -0.265 e. The predicted molar refractivity (Wildman–Crippen MR) is 79.4 cm³/mol. The molecule has 4 rings (SSSR count). The Morgan fingerprint density at radius 2 is 1.57 bits per heavy atom. The van der Waals surface area contributed by atoms with Gasteiger partial charge in [0, 0.05) is 29.7 Å². The van der Waals surface area contributed by atoms with E-state index in [1.807, 2.05) is 48.5 Å². The Hall–Kier alpha value is -3.08. The number of aromatic nitrogens is 5. The average molecular weight is 273 g/mol. The van der Waals surface area contributed by atoms with Crippen molar-refractivity contribution in [2.75, 3.05) is 0 Å². The Morgan fingerprint density at radius 3 is 2.38 bits per heavy atom. The average Bonchev–Trinajstić information content (AvgIpc) is 3.00. The molecule has 0 bridgehead atoms. The molecule has 3 aromatic heterocycles. The molecule has 0 aliphatic heterocycles. The van der Waals surface area contributed by atoms with Crippen LogP contribution >= 0.6 is 0 Å². The summed E-state index contributed by atoms with van der Waals surface area (Å²) in [4.78, 5) is 12.8. The fourth-order valence-corrected chi connectivity index (χ4v) is 2.24. The SMILES string of the molecule is c1ccc(-c2nc3nccc(-c4ccncc4)n3n2)cc1. The zero-order valence-corrected chi connectivity index (χ0v) is 11.1. The van der Waals surface area contributed by atoms with Gasteiger partial charge in [-0.2, -0.15) is 9.50 Å². The summed E-state index contributed by atoms with van der Waals surface area (Å²) in [5.74, 6) is 1.26. The van der Waals surface area contributed by atoms with Crippen molar-refractivity contribution in [3.05, 3.63) is 67.1 Å². The number of nitrogens with zero attached hydrogens (tertiary/aromatic N) is 5. The van der Waals surface area contributed by atoms with Gasteiger partial charge in [-0.25, -0.2) is 4.98 Å². The number of benzene rings is 1. The van der Waals surface area contributed by atoms with Gasteiger partial charge in [0.15, 0.2) is 5.82 Å². The van der Waals surface area contributed by atoms with Crippen LogP contribution in [0.25, 0.3) is 28.4 Å². The van der Waals surface area contributed by atoms with E-state index in [-0.39, 0.29) is 0 Å². The van der Waals surface area contributed by atoms with E-state index in [9.17, 15) is 0 Å². The first-order valence-corrected chi connectivity index (χ1v) is 6.59. The second-order valence-electron chi connectivity index (χ2n) is 4.58. The van der Waals surface area contributed by atoms with E-state index in [1.54, 1.807) is 23.1 Å². The van der Waals surface area contributed by atoms with Gasteiger partial charge in [-0.05, 0) is 18.2 Å². The molecule has 4 aromatic rings. The van der Waals surface area contributed by atoms with Crippen molar-refractivity contribution in [2.45, 2.75) is 0 Å². The molecule has 0 aliphatic carbocycles. The van der Waals surface area contributed by atoms with Gasteiger partial charge in [-0.15, -0.1) is 5.10 Å². The Kier molecular flexibility index (Phi) is 2.67. The molecule has 0 unspecified atom stereocenters. The summed E-state index contributed by atoms with van der Waals surface area (Å²) in [5, 5.41) is 4.58. The van der Waals surface area contributed by atoms with Crippen molar-refractivity contribution in [3.8, 4) is 22.6 Å². The highest BCUT2D eigenvalue weighted by atomic mass is 15.3. The van der Waals surface area contributed by atoms with Gasteiger partial charge in [0.2, 0.25) is 0 Å². The highest BCUT2D eigenvalue weighted by Crippen LogP contribution is 2.20. The number of pyridine rings is 1. The quantitative estimate of drug-likeness (QED) is 0.563. The van der Waals surface area contributed by atoms with E-state index < -0.39 is 0 Å². The molecule has 0 fully saturated rings. The van der Waals surface area contributed by atoms with E-state index in [1.165, 1.54) is 0 Å². The predicted octanol–water partition coefficient (Wildman–Crippen LogP) is 2.85. The van der Waals surface area contributed by atoms with Gasteiger partial charge in [0.05, 0.1) is 5.69 Å². The Morgan fingerprint density at radius 1 is 0.762 bits per heavy atom. The maximum atomic E-state index is 4.58. The van der Waals surface area contributed by atoms with E-state index in [4.69, 9.17) is 0 Å². The van der Waals surface area contributed by atoms with Crippen LogP contribution < -0.4 is 0 Å². The maximum absolute atomic E-state index is 4.58. The smallest absolute Gasteiger partial charge is 0.253 e. The molecular weight excluding hydrogens is 262 g/mol. The van der Waals surface area contributed by atoms with Crippen LogP contribution in [0.2, 0.25) is 0 Å². The molecule has 0 amide bonds. The fraction of sp³-hybridized carbons (Fsp3) is 0. The van der Waals surface area contributed by atoms with E-state index in [0.717, 1.165) is 16.8 Å². The zero-order valence-electron chi connectivity index (χ0n) is 11.1. The van der Waals surface area contributed by atoms with Crippen molar-refractivity contribution in [2.24, 2.45) is 0 Å². The van der Waals surface area contributed by atoms with Crippen LogP contribution in [-0.4, -0.2) is 24.6 Å². The van der Waals surface area contributed by atoms with Crippen LogP contribution in [0.3, 0.4) is 0 Å². The second-order valence-corrected chi connectivity index (χ2v) is 4.58. The highest BCUT2D eigenvalue weighted by molar-refractivity contribution is 5.63. The Balaban J connectivity index is 1.93. The molecule has 0 N–H and O–H groups in total. The number of hydrogen-bond acceptors (Lipinski definition) is 4. The van der Waals surface area contributed by atoms with Crippen LogP contribution in [0.5, 0.6) is 0 Å². The first-order valence-electron chi connectivity index (χ1n) is 6.59. The Labute approximate surface area is 121 Å². The standard InChI is InChI=1S/C16H11N5/c1-2-4-13(5-3-1)15-19-16-18-11-8-14(21(16)20-15)12-6-9-17-10-7-12/h1-11H. The normalized spacial score (nSPS) is 10.9. The monoisotopic (exact) mass is 273 g/mol. The van der Waals surface area contributed by atoms with Crippen molar-refractivity contribution < 1.29 is 0 Å². The third kappa shape index (κ3) is 2.04. The fourth-order valence-electron chi connectivity index (χ4n) is 2.24. The van der Waals surface area contributed by atoms with Gasteiger partial charge in [0.25, 0.3) is 5.78 Å². The molecule has 100 valence electrons. The molecule has 0 aliphatic rings. The molecular formula is C16H11N5. The lowest BCUT2D eigenvalue weighted by Crippen LogP contribution is -1.95. The largest absolute Gasteiger partial charge is 0.265 e. The lowest BCUT2D eigenvalue weighted by Gasteiger charge is -2.02. The molecule has 0 spiro atoms. The molecule has 5 heteroatoms. The van der Waals surface area contributed by atoms with Gasteiger partial charge in [-0.1, -0.05) is 30.3 Å². The minimum atomic E-state index is 0.586. The molecule has 0 saturated heterocycles. The Bertz CT molecular complexity index is 884. The molecule has 1 aromatic carbocycles. The van der Waals surface area contributed by atoms with Crippen molar-refractivity contribution in [1.29, 1.82) is 0 Å². The van der Waals surface area contributed by atoms with Crippen molar-refractivity contribution >= 4 is 5.78 Å². The third-order valence-electron chi connectivity index (χ3n) is 3.25. The third-order valence-corrected chi connectivity index (χ3v) is 3.25. The molecule has 0 radical (unpaired) electrons. The topological polar surface area (TPSA) is 56.0 Å². The van der Waals surface area contributed by atoms with E-state index in [0.29, 0.717) is 11.6 Å². The van der Waals surface area contributed by atoms with E-state index in [2.05, 4.69) is 20.1 Å². The van der Waals surface area contributed by atoms with Gasteiger partial charge < -0.3 is 0 Å². The summed E-state index contributed by atoms with van der Waals surface area (Å²) in [7, 11) is 0. The summed E-state index contributed by atoms with van der Waals surface area (Å²) in [6.45, 7) is 0. The molecule has 0 saturated carbocycles. The minimum absolute atomic E-state index is 0.586. The lowest BCUT2D eigenvalue weighted by molar-refractivity contribution is 0.950. The number of fused-ring (bicyclic) bond motifs is 1. The van der Waals surface area contributed by atoms with Crippen LogP contribution in [-0.2, 0) is 0 Å². The summed E-state index contributed by atoms with van der Waals surface area (Å²) in [5.41, 5.74) is 2.95. The summed E-state index contributed by atoms with van der Waals surface area (Å²) in [6.07, 6.45) is 5.27. The summed E-state index contributed by atoms with van der Waals surface area (Å²) in [6, 6.07) is 15.7. The van der Waals surface area contributed by atoms with Gasteiger partial charge in [0.1, 0.15) is 0 Å². The highest BCUT2D eigenvalue weighted by Gasteiger charge is 2.10. The van der Waals surface area contributed by atoms with Crippen molar-refractivity contribution in [1.82, 2.24) is 24.6 Å². The van der Waals surface area contributed by atoms with Crippen LogP contribution in [0.15, 0.2) is 67.1 Å². The van der Waals surface area contributed by atoms with Crippen LogP contribution in [0.4, 0.5) is 0 Å². The van der Waals surface area contributed by atoms with Crippen LogP contribution in [0, 0.1) is 0 Å². The molecule has 5 nitrogen and oxygen atoms in total. The second kappa shape index (κ2) is 4.79. The van der Waals surface area contributed by atoms with E-state index >= 15 is 0 Å². The molecule has 0 atom stereocenters.